The van der Waals surface area contributed by atoms with Crippen LogP contribution < -0.4 is 0 Å². The Morgan fingerprint density at radius 2 is 1.70 bits per heavy atom. The molecule has 112 valence electrons. The third-order valence-corrected chi connectivity index (χ3v) is 3.82. The van der Waals surface area contributed by atoms with Crippen molar-refractivity contribution >= 4 is 5.71 Å². The second kappa shape index (κ2) is 5.86. The summed E-state index contributed by atoms with van der Waals surface area (Å²) in [5.74, 6) is 0.149. The van der Waals surface area contributed by atoms with E-state index in [-0.39, 0.29) is 11.2 Å². The van der Waals surface area contributed by atoms with Gasteiger partial charge in [0.25, 0.3) is 0 Å². The lowest BCUT2D eigenvalue weighted by Gasteiger charge is -2.30. The number of aromatic hydroxyl groups is 1. The third kappa shape index (κ3) is 4.26. The van der Waals surface area contributed by atoms with Gasteiger partial charge < -0.3 is 10.3 Å². The van der Waals surface area contributed by atoms with Crippen molar-refractivity contribution < 1.29 is 10.3 Å². The Kier molecular flexibility index (Phi) is 4.85. The number of nitrogens with zero attached hydrogens (tertiary/aromatic N) is 1. The summed E-state index contributed by atoms with van der Waals surface area (Å²) in [6.07, 6.45) is 2.19. The molecule has 0 heterocycles. The lowest BCUT2D eigenvalue weighted by Crippen LogP contribution is -2.20. The van der Waals surface area contributed by atoms with Gasteiger partial charge in [-0.2, -0.15) is 0 Å². The Labute approximate surface area is 122 Å². The number of benzene rings is 1. The lowest BCUT2D eigenvalue weighted by molar-refractivity contribution is 0.314. The molecule has 0 unspecified atom stereocenters. The first-order chi connectivity index (χ1) is 9.07. The van der Waals surface area contributed by atoms with Gasteiger partial charge in [0, 0.05) is 5.56 Å². The highest BCUT2D eigenvalue weighted by molar-refractivity contribution is 6.00. The lowest BCUT2D eigenvalue weighted by atomic mass is 9.75. The molecule has 0 aliphatic heterocycles. The van der Waals surface area contributed by atoms with Gasteiger partial charge in [0.05, 0.1) is 5.71 Å². The van der Waals surface area contributed by atoms with Gasteiger partial charge >= 0.3 is 0 Å². The average Bonchev–Trinajstić information content (AvgIpc) is 2.35. The topological polar surface area (TPSA) is 52.8 Å². The molecule has 0 amide bonds. The second-order valence-electron chi connectivity index (χ2n) is 7.36. The van der Waals surface area contributed by atoms with Crippen LogP contribution in [-0.4, -0.2) is 16.0 Å². The van der Waals surface area contributed by atoms with E-state index in [0.29, 0.717) is 16.7 Å². The van der Waals surface area contributed by atoms with Crippen molar-refractivity contribution in [3.05, 3.63) is 29.3 Å². The summed E-state index contributed by atoms with van der Waals surface area (Å²) in [7, 11) is 0. The molecule has 3 heteroatoms. The molecule has 0 aromatic heterocycles. The molecule has 3 nitrogen and oxygen atoms in total. The maximum atomic E-state index is 9.87. The van der Waals surface area contributed by atoms with Crippen molar-refractivity contribution in [2.45, 2.75) is 59.8 Å². The van der Waals surface area contributed by atoms with Crippen LogP contribution in [0.1, 0.15) is 65.5 Å². The fourth-order valence-electron chi connectivity index (χ4n) is 2.13. The van der Waals surface area contributed by atoms with Gasteiger partial charge in [0.15, 0.2) is 0 Å². The molecule has 0 spiro atoms. The molecule has 0 aliphatic rings. The molecule has 2 N–H and O–H groups in total. The molecular formula is C17H27NO2. The first-order valence-electron chi connectivity index (χ1n) is 7.09. The maximum Gasteiger partial charge on any atom is 0.124 e. The monoisotopic (exact) mass is 277 g/mol. The van der Waals surface area contributed by atoms with Gasteiger partial charge in [-0.1, -0.05) is 45.8 Å². The molecule has 0 saturated heterocycles. The van der Waals surface area contributed by atoms with Gasteiger partial charge in [-0.25, -0.2) is 0 Å². The van der Waals surface area contributed by atoms with E-state index in [1.165, 1.54) is 0 Å². The molecule has 0 fully saturated rings. The van der Waals surface area contributed by atoms with E-state index >= 15 is 0 Å². The molecule has 0 radical (unpaired) electrons. The molecule has 0 atom stereocenters. The normalized spacial score (nSPS) is 13.6. The SMILES string of the molecule is C/C(=N\O)c1cc(C(C)(C)CCC(C)(C)C)ccc1O. The number of rotatable bonds is 4. The number of hydrogen-bond acceptors (Lipinski definition) is 3. The summed E-state index contributed by atoms with van der Waals surface area (Å²) in [6, 6.07) is 5.55. The van der Waals surface area contributed by atoms with Crippen LogP contribution in [-0.2, 0) is 5.41 Å². The molecular weight excluding hydrogens is 250 g/mol. The van der Waals surface area contributed by atoms with Crippen LogP contribution in [0.2, 0.25) is 0 Å². The highest BCUT2D eigenvalue weighted by Gasteiger charge is 2.24. The van der Waals surface area contributed by atoms with Crippen molar-refractivity contribution in [3.63, 3.8) is 0 Å². The molecule has 1 aromatic rings. The molecule has 0 bridgehead atoms. The number of oxime groups is 1. The quantitative estimate of drug-likeness (QED) is 0.476. The van der Waals surface area contributed by atoms with Crippen LogP contribution in [0.3, 0.4) is 0 Å². The van der Waals surface area contributed by atoms with Crippen LogP contribution in [0.5, 0.6) is 5.75 Å². The van der Waals surface area contributed by atoms with Gasteiger partial charge in [-0.05, 0) is 48.3 Å². The zero-order valence-corrected chi connectivity index (χ0v) is 13.5. The van der Waals surface area contributed by atoms with Crippen LogP contribution >= 0.6 is 0 Å². The van der Waals surface area contributed by atoms with Crippen molar-refractivity contribution in [2.75, 3.05) is 0 Å². The van der Waals surface area contributed by atoms with E-state index in [4.69, 9.17) is 5.21 Å². The Hall–Kier alpha value is -1.51. The highest BCUT2D eigenvalue weighted by atomic mass is 16.4. The van der Waals surface area contributed by atoms with E-state index < -0.39 is 0 Å². The van der Waals surface area contributed by atoms with E-state index in [1.807, 2.05) is 12.1 Å². The van der Waals surface area contributed by atoms with E-state index in [9.17, 15) is 5.11 Å². The minimum atomic E-state index is 0.0193. The summed E-state index contributed by atoms with van der Waals surface area (Å²) in [5.41, 5.74) is 2.49. The molecule has 20 heavy (non-hydrogen) atoms. The van der Waals surface area contributed by atoms with Crippen molar-refractivity contribution in [3.8, 4) is 5.75 Å². The summed E-state index contributed by atoms with van der Waals surface area (Å²) in [4.78, 5) is 0. The van der Waals surface area contributed by atoms with Gasteiger partial charge in [-0.3, -0.25) is 0 Å². The Morgan fingerprint density at radius 3 is 2.20 bits per heavy atom. The van der Waals surface area contributed by atoms with E-state index in [2.05, 4.69) is 39.8 Å². The van der Waals surface area contributed by atoms with Crippen LogP contribution in [0.4, 0.5) is 0 Å². The number of hydrogen-bond donors (Lipinski definition) is 2. The molecule has 1 rings (SSSR count). The molecule has 0 saturated carbocycles. The fourth-order valence-corrected chi connectivity index (χ4v) is 2.13. The zero-order valence-electron chi connectivity index (χ0n) is 13.5. The van der Waals surface area contributed by atoms with Crippen LogP contribution in [0.25, 0.3) is 0 Å². The minimum absolute atomic E-state index is 0.0193. The number of phenols is 1. The summed E-state index contributed by atoms with van der Waals surface area (Å²) < 4.78 is 0. The van der Waals surface area contributed by atoms with Crippen molar-refractivity contribution in [2.24, 2.45) is 10.6 Å². The van der Waals surface area contributed by atoms with Crippen LogP contribution in [0.15, 0.2) is 23.4 Å². The summed E-state index contributed by atoms with van der Waals surface area (Å²) >= 11 is 0. The smallest absolute Gasteiger partial charge is 0.124 e. The largest absolute Gasteiger partial charge is 0.507 e. The molecule has 1 aromatic carbocycles. The summed E-state index contributed by atoms with van der Waals surface area (Å²) in [5, 5.41) is 21.9. The first kappa shape index (κ1) is 16.5. The standard InChI is InChI=1S/C17H27NO2/c1-12(18-20)14-11-13(7-8-15(14)19)17(5,6)10-9-16(2,3)4/h7-8,11,19-20H,9-10H2,1-6H3/b18-12+. The van der Waals surface area contributed by atoms with Crippen molar-refractivity contribution in [1.29, 1.82) is 0 Å². The zero-order chi connectivity index (χ0) is 15.6. The van der Waals surface area contributed by atoms with Gasteiger partial charge in [0.2, 0.25) is 0 Å². The van der Waals surface area contributed by atoms with Gasteiger partial charge in [-0.15, -0.1) is 0 Å². The Bertz CT molecular complexity index is 496. The third-order valence-electron chi connectivity index (χ3n) is 3.82. The van der Waals surface area contributed by atoms with Gasteiger partial charge in [0.1, 0.15) is 5.75 Å². The second-order valence-corrected chi connectivity index (χ2v) is 7.36. The van der Waals surface area contributed by atoms with Crippen LogP contribution in [0, 0.1) is 5.41 Å². The molecule has 0 aliphatic carbocycles. The predicted octanol–water partition coefficient (Wildman–Crippen LogP) is 4.69. The first-order valence-corrected chi connectivity index (χ1v) is 7.09. The van der Waals surface area contributed by atoms with Crippen molar-refractivity contribution in [1.82, 2.24) is 0 Å². The summed E-state index contributed by atoms with van der Waals surface area (Å²) in [6.45, 7) is 12.8. The van der Waals surface area contributed by atoms with E-state index in [1.54, 1.807) is 13.0 Å². The fraction of sp³-hybridized carbons (Fsp3) is 0.588. The Balaban J connectivity index is 3.07. The maximum absolute atomic E-state index is 9.87. The van der Waals surface area contributed by atoms with E-state index in [0.717, 1.165) is 18.4 Å². The highest BCUT2D eigenvalue weighted by Crippen LogP contribution is 2.35. The average molecular weight is 277 g/mol. The Morgan fingerprint density at radius 1 is 1.10 bits per heavy atom. The predicted molar refractivity (Wildman–Crippen MR) is 83.8 cm³/mol. The minimum Gasteiger partial charge on any atom is -0.507 e. The number of phenolic OH excluding ortho intramolecular Hbond substituents is 1.